The van der Waals surface area contributed by atoms with Crippen LogP contribution in [-0.4, -0.2) is 50.8 Å². The molecule has 3 heteroatoms. The van der Waals surface area contributed by atoms with Crippen LogP contribution in [0.15, 0.2) is 0 Å². The van der Waals surface area contributed by atoms with Crippen LogP contribution in [0, 0.1) is 11.3 Å². The molecule has 3 nitrogen and oxygen atoms in total. The first-order valence-electron chi connectivity index (χ1n) is 8.79. The Bertz CT molecular complexity index is 294. The molecule has 2 saturated heterocycles. The van der Waals surface area contributed by atoms with Crippen molar-refractivity contribution in [1.82, 2.24) is 10.2 Å². The van der Waals surface area contributed by atoms with E-state index in [1.807, 2.05) is 0 Å². The van der Waals surface area contributed by atoms with Crippen LogP contribution in [0.1, 0.15) is 51.4 Å². The van der Waals surface area contributed by atoms with E-state index in [0.29, 0.717) is 5.41 Å². The highest BCUT2D eigenvalue weighted by Gasteiger charge is 2.39. The molecule has 2 aliphatic heterocycles. The molecule has 1 saturated carbocycles. The fourth-order valence-electron chi connectivity index (χ4n) is 4.96. The number of fused-ring (bicyclic) bond motifs is 1. The third-order valence-corrected chi connectivity index (χ3v) is 5.85. The summed E-state index contributed by atoms with van der Waals surface area (Å²) in [5.74, 6) is 0.994. The van der Waals surface area contributed by atoms with E-state index in [-0.39, 0.29) is 0 Å². The van der Waals surface area contributed by atoms with Gasteiger partial charge in [0, 0.05) is 31.2 Å². The van der Waals surface area contributed by atoms with Crippen molar-refractivity contribution in [3.8, 4) is 0 Å². The van der Waals surface area contributed by atoms with Gasteiger partial charge in [-0.2, -0.15) is 0 Å². The van der Waals surface area contributed by atoms with Crippen molar-refractivity contribution in [2.24, 2.45) is 11.3 Å². The van der Waals surface area contributed by atoms with E-state index in [1.54, 1.807) is 0 Å². The first-order chi connectivity index (χ1) is 9.83. The summed E-state index contributed by atoms with van der Waals surface area (Å²) in [6.07, 6.45) is 11.3. The van der Waals surface area contributed by atoms with Crippen molar-refractivity contribution in [3.05, 3.63) is 0 Å². The van der Waals surface area contributed by atoms with Gasteiger partial charge in [0.05, 0.1) is 6.61 Å². The maximum absolute atomic E-state index is 5.85. The van der Waals surface area contributed by atoms with Crippen molar-refractivity contribution in [2.75, 3.05) is 39.9 Å². The smallest absolute Gasteiger partial charge is 0.0546 e. The second kappa shape index (κ2) is 6.76. The van der Waals surface area contributed by atoms with Gasteiger partial charge in [0.1, 0.15) is 0 Å². The lowest BCUT2D eigenvalue weighted by Gasteiger charge is -2.49. The number of hydrogen-bond acceptors (Lipinski definition) is 3. The Morgan fingerprint density at radius 1 is 1.15 bits per heavy atom. The monoisotopic (exact) mass is 280 g/mol. The third kappa shape index (κ3) is 3.20. The Hall–Kier alpha value is -0.120. The lowest BCUT2D eigenvalue weighted by molar-refractivity contribution is -0.0491. The van der Waals surface area contributed by atoms with E-state index < -0.39 is 0 Å². The molecular formula is C17H32N2O. The number of ether oxygens (including phenoxy) is 1. The zero-order chi connectivity index (χ0) is 13.8. The van der Waals surface area contributed by atoms with Gasteiger partial charge in [-0.1, -0.05) is 12.8 Å². The first kappa shape index (κ1) is 14.8. The van der Waals surface area contributed by atoms with E-state index in [0.717, 1.165) is 31.7 Å². The largest absolute Gasteiger partial charge is 0.381 e. The van der Waals surface area contributed by atoms with E-state index >= 15 is 0 Å². The SMILES string of the molecule is CNCC1(CN2CCC[C@H]3CCCC[C@H]32)CCCOC1. The molecule has 1 N–H and O–H groups in total. The number of hydrogen-bond donors (Lipinski definition) is 1. The molecule has 3 rings (SSSR count). The topological polar surface area (TPSA) is 24.5 Å². The average molecular weight is 280 g/mol. The summed E-state index contributed by atoms with van der Waals surface area (Å²) in [4.78, 5) is 2.85. The van der Waals surface area contributed by atoms with Gasteiger partial charge in [-0.3, -0.25) is 4.90 Å². The normalized spacial score (nSPS) is 39.5. The molecule has 3 fully saturated rings. The Morgan fingerprint density at radius 2 is 2.00 bits per heavy atom. The molecule has 0 aromatic carbocycles. The van der Waals surface area contributed by atoms with Crippen molar-refractivity contribution in [3.63, 3.8) is 0 Å². The second-order valence-electron chi connectivity index (χ2n) is 7.41. The lowest BCUT2D eigenvalue weighted by atomic mass is 9.75. The summed E-state index contributed by atoms with van der Waals surface area (Å²) in [5.41, 5.74) is 0.367. The van der Waals surface area contributed by atoms with E-state index in [2.05, 4.69) is 17.3 Å². The summed E-state index contributed by atoms with van der Waals surface area (Å²) in [6.45, 7) is 5.63. The van der Waals surface area contributed by atoms with Gasteiger partial charge in [-0.05, 0) is 58.0 Å². The number of piperidine rings is 1. The molecule has 0 amide bonds. The van der Waals surface area contributed by atoms with Gasteiger partial charge in [-0.15, -0.1) is 0 Å². The standard InChI is InChI=1S/C17H32N2O/c1-18-12-17(9-5-11-20-14-17)13-19-10-4-7-15-6-2-3-8-16(15)19/h15-16,18H,2-14H2,1H3/t15-,16-,17?/m1/s1. The second-order valence-corrected chi connectivity index (χ2v) is 7.41. The Morgan fingerprint density at radius 3 is 2.80 bits per heavy atom. The van der Waals surface area contributed by atoms with Crippen molar-refractivity contribution >= 4 is 0 Å². The predicted octanol–water partition coefficient (Wildman–Crippen LogP) is 2.66. The molecule has 0 radical (unpaired) electrons. The van der Waals surface area contributed by atoms with Crippen LogP contribution in [0.4, 0.5) is 0 Å². The molecule has 1 aliphatic carbocycles. The molecule has 2 heterocycles. The molecule has 3 aliphatic rings. The quantitative estimate of drug-likeness (QED) is 0.857. The fourth-order valence-corrected chi connectivity index (χ4v) is 4.96. The Balaban J connectivity index is 1.66. The zero-order valence-electron chi connectivity index (χ0n) is 13.2. The lowest BCUT2D eigenvalue weighted by Crippen LogP contribution is -2.55. The third-order valence-electron chi connectivity index (χ3n) is 5.85. The Labute approximate surface area is 124 Å². The van der Waals surface area contributed by atoms with Crippen LogP contribution in [0.5, 0.6) is 0 Å². The molecule has 0 aromatic rings. The maximum atomic E-state index is 5.85. The van der Waals surface area contributed by atoms with Crippen LogP contribution in [-0.2, 0) is 4.74 Å². The van der Waals surface area contributed by atoms with Crippen LogP contribution < -0.4 is 5.32 Å². The Kier molecular flexibility index (Phi) is 5.00. The van der Waals surface area contributed by atoms with Crippen LogP contribution in [0.2, 0.25) is 0 Å². The molecule has 116 valence electrons. The minimum atomic E-state index is 0.367. The van der Waals surface area contributed by atoms with Crippen LogP contribution in [0.25, 0.3) is 0 Å². The summed E-state index contributed by atoms with van der Waals surface area (Å²) in [5, 5.41) is 3.43. The number of rotatable bonds is 4. The molecular weight excluding hydrogens is 248 g/mol. The van der Waals surface area contributed by atoms with Crippen molar-refractivity contribution in [2.45, 2.75) is 57.4 Å². The van der Waals surface area contributed by atoms with Crippen LogP contribution in [0.3, 0.4) is 0 Å². The highest BCUT2D eigenvalue weighted by molar-refractivity contribution is 4.93. The summed E-state index contributed by atoms with van der Waals surface area (Å²) < 4.78 is 5.85. The first-order valence-corrected chi connectivity index (χ1v) is 8.79. The van der Waals surface area contributed by atoms with E-state index in [9.17, 15) is 0 Å². The van der Waals surface area contributed by atoms with Gasteiger partial charge in [0.15, 0.2) is 0 Å². The number of likely N-dealkylation sites (tertiary alicyclic amines) is 1. The summed E-state index contributed by atoms with van der Waals surface area (Å²) in [6, 6.07) is 0.883. The number of nitrogens with one attached hydrogen (secondary N) is 1. The summed E-state index contributed by atoms with van der Waals surface area (Å²) >= 11 is 0. The van der Waals surface area contributed by atoms with E-state index in [4.69, 9.17) is 4.74 Å². The van der Waals surface area contributed by atoms with Crippen molar-refractivity contribution < 1.29 is 4.74 Å². The molecule has 3 atom stereocenters. The summed E-state index contributed by atoms with van der Waals surface area (Å²) in [7, 11) is 2.09. The molecule has 0 spiro atoms. The fraction of sp³-hybridized carbons (Fsp3) is 1.00. The minimum absolute atomic E-state index is 0.367. The van der Waals surface area contributed by atoms with Gasteiger partial charge >= 0.3 is 0 Å². The maximum Gasteiger partial charge on any atom is 0.0546 e. The molecule has 1 unspecified atom stereocenters. The number of nitrogens with zero attached hydrogens (tertiary/aromatic N) is 1. The molecule has 20 heavy (non-hydrogen) atoms. The zero-order valence-corrected chi connectivity index (χ0v) is 13.2. The highest BCUT2D eigenvalue weighted by Crippen LogP contribution is 2.38. The minimum Gasteiger partial charge on any atom is -0.381 e. The predicted molar refractivity (Wildman–Crippen MR) is 83.0 cm³/mol. The van der Waals surface area contributed by atoms with Crippen molar-refractivity contribution in [1.29, 1.82) is 0 Å². The van der Waals surface area contributed by atoms with Gasteiger partial charge < -0.3 is 10.1 Å². The highest BCUT2D eigenvalue weighted by atomic mass is 16.5. The van der Waals surface area contributed by atoms with Gasteiger partial charge in [0.2, 0.25) is 0 Å². The molecule has 0 bridgehead atoms. The van der Waals surface area contributed by atoms with Gasteiger partial charge in [0.25, 0.3) is 0 Å². The van der Waals surface area contributed by atoms with Crippen LogP contribution >= 0.6 is 0 Å². The van der Waals surface area contributed by atoms with E-state index in [1.165, 1.54) is 64.5 Å². The van der Waals surface area contributed by atoms with Gasteiger partial charge in [-0.25, -0.2) is 0 Å². The molecule has 0 aromatic heterocycles. The average Bonchev–Trinajstić information content (AvgIpc) is 2.49.